The molecule has 0 bridgehead atoms. The number of carbonyl (C=O) groups is 1. The number of phenols is 1. The fourth-order valence-electron chi connectivity index (χ4n) is 4.45. The molecule has 1 heterocycles. The minimum absolute atomic E-state index is 0.133. The lowest BCUT2D eigenvalue weighted by atomic mass is 9.85. The van der Waals surface area contributed by atoms with Crippen molar-refractivity contribution < 1.29 is 14.6 Å². The number of phenolic OH excluding ortho intramolecular Hbond substituents is 1. The number of esters is 1. The highest BCUT2D eigenvalue weighted by Crippen LogP contribution is 2.34. The second-order valence-corrected chi connectivity index (χ2v) is 11.0. The molecule has 0 radical (unpaired) electrons. The van der Waals surface area contributed by atoms with Crippen LogP contribution in [0.5, 0.6) is 5.75 Å². The smallest absolute Gasteiger partial charge is 0.349 e. The second-order valence-electron chi connectivity index (χ2n) is 10.5. The summed E-state index contributed by atoms with van der Waals surface area (Å²) in [5.41, 5.74) is 4.21. The van der Waals surface area contributed by atoms with Crippen molar-refractivity contribution in [3.63, 3.8) is 0 Å². The van der Waals surface area contributed by atoms with Crippen LogP contribution in [0.3, 0.4) is 0 Å². The number of aromatic hydroxyl groups is 1. The number of benzene rings is 4. The summed E-state index contributed by atoms with van der Waals surface area (Å²) in [4.78, 5) is 14.8. The molecule has 5 aromatic rings. The van der Waals surface area contributed by atoms with Crippen LogP contribution in [-0.2, 0) is 21.6 Å². The van der Waals surface area contributed by atoms with Gasteiger partial charge in [0.2, 0.25) is 0 Å². The topological polar surface area (TPSA) is 101 Å². The maximum atomic E-state index is 13.4. The molecule has 8 heteroatoms. The number of fused-ring (bicyclic) bond motifs is 1. The average Bonchev–Trinajstić information content (AvgIpc) is 3.38. The monoisotopic (exact) mass is 562 g/mol. The number of rotatable bonds is 6. The molecule has 0 saturated heterocycles. The molecule has 0 fully saturated rings. The molecule has 0 spiro atoms. The Morgan fingerprint density at radius 3 is 2.12 bits per heavy atom. The summed E-state index contributed by atoms with van der Waals surface area (Å²) in [5.74, 6) is -0.930. The van der Waals surface area contributed by atoms with E-state index in [2.05, 4.69) is 10.2 Å². The molecule has 0 atom stereocenters. The van der Waals surface area contributed by atoms with Gasteiger partial charge in [0.1, 0.15) is 40.7 Å². The third kappa shape index (κ3) is 5.84. The average molecular weight is 563 g/mol. The summed E-state index contributed by atoms with van der Waals surface area (Å²) in [5, 5.41) is 30.9. The SMILES string of the molecule is CC(C)(C)c1cc(COC(=O)C(C#N)=C(c2ccccc2)c2ccccc2)c(O)c(-n2nc3ccc(Cl)cc3n2)c1. The van der Waals surface area contributed by atoms with Gasteiger partial charge in [-0.3, -0.25) is 0 Å². The van der Waals surface area contributed by atoms with E-state index < -0.39 is 5.97 Å². The maximum absolute atomic E-state index is 13.4. The van der Waals surface area contributed by atoms with Crippen molar-refractivity contribution in [1.82, 2.24) is 15.0 Å². The van der Waals surface area contributed by atoms with Crippen LogP contribution >= 0.6 is 11.6 Å². The number of carbonyl (C=O) groups excluding carboxylic acids is 1. The number of nitrogens with zero attached hydrogens (tertiary/aromatic N) is 4. The summed E-state index contributed by atoms with van der Waals surface area (Å²) >= 11 is 6.12. The number of ether oxygens (including phenoxy) is 1. The minimum Gasteiger partial charge on any atom is -0.505 e. The van der Waals surface area contributed by atoms with E-state index in [9.17, 15) is 15.2 Å². The Morgan fingerprint density at radius 2 is 1.54 bits per heavy atom. The second kappa shape index (κ2) is 11.3. The van der Waals surface area contributed by atoms with Gasteiger partial charge in [-0.2, -0.15) is 5.26 Å². The van der Waals surface area contributed by atoms with E-state index in [1.165, 1.54) is 4.80 Å². The van der Waals surface area contributed by atoms with E-state index in [0.29, 0.717) is 44.0 Å². The Balaban J connectivity index is 1.54. The quantitative estimate of drug-likeness (QED) is 0.134. The highest BCUT2D eigenvalue weighted by Gasteiger charge is 2.24. The zero-order valence-corrected chi connectivity index (χ0v) is 23.6. The molecule has 0 amide bonds. The van der Waals surface area contributed by atoms with Gasteiger partial charge in [-0.15, -0.1) is 15.0 Å². The van der Waals surface area contributed by atoms with Crippen molar-refractivity contribution in [2.75, 3.05) is 0 Å². The van der Waals surface area contributed by atoms with Gasteiger partial charge in [0, 0.05) is 16.2 Å². The summed E-state index contributed by atoms with van der Waals surface area (Å²) in [6, 6.07) is 29.3. The van der Waals surface area contributed by atoms with Crippen LogP contribution in [0.2, 0.25) is 5.02 Å². The summed E-state index contributed by atoms with van der Waals surface area (Å²) < 4.78 is 5.67. The molecule has 7 nitrogen and oxygen atoms in total. The lowest BCUT2D eigenvalue weighted by Gasteiger charge is -2.22. The molecule has 1 aromatic heterocycles. The summed E-state index contributed by atoms with van der Waals surface area (Å²) in [6.45, 7) is 5.84. The zero-order chi connectivity index (χ0) is 29.1. The number of hydrogen-bond acceptors (Lipinski definition) is 6. The fourth-order valence-corrected chi connectivity index (χ4v) is 4.62. The molecule has 0 aliphatic rings. The Kier molecular flexibility index (Phi) is 7.60. The van der Waals surface area contributed by atoms with Gasteiger partial charge in [0.05, 0.1) is 0 Å². The van der Waals surface area contributed by atoms with Crippen molar-refractivity contribution in [2.24, 2.45) is 0 Å². The molecule has 0 aliphatic carbocycles. The molecule has 0 aliphatic heterocycles. The van der Waals surface area contributed by atoms with Gasteiger partial charge < -0.3 is 9.84 Å². The molecule has 204 valence electrons. The third-order valence-corrected chi connectivity index (χ3v) is 6.88. The number of aromatic nitrogens is 3. The lowest BCUT2D eigenvalue weighted by molar-refractivity contribution is -0.139. The Morgan fingerprint density at radius 1 is 0.927 bits per heavy atom. The molecule has 1 N–H and O–H groups in total. The summed E-state index contributed by atoms with van der Waals surface area (Å²) in [6.07, 6.45) is 0. The van der Waals surface area contributed by atoms with Gasteiger partial charge in [0.25, 0.3) is 0 Å². The fraction of sp³-hybridized carbons (Fsp3) is 0.152. The predicted molar refractivity (Wildman–Crippen MR) is 159 cm³/mol. The van der Waals surface area contributed by atoms with E-state index in [4.69, 9.17) is 16.3 Å². The van der Waals surface area contributed by atoms with E-state index in [-0.39, 0.29) is 23.3 Å². The first kappa shape index (κ1) is 27.6. The van der Waals surface area contributed by atoms with E-state index in [1.807, 2.05) is 93.6 Å². The van der Waals surface area contributed by atoms with Crippen LogP contribution in [0, 0.1) is 11.3 Å². The van der Waals surface area contributed by atoms with Crippen LogP contribution < -0.4 is 0 Å². The van der Waals surface area contributed by atoms with Crippen molar-refractivity contribution in [3.8, 4) is 17.5 Å². The van der Waals surface area contributed by atoms with Crippen molar-refractivity contribution in [2.45, 2.75) is 32.8 Å². The Labute approximate surface area is 242 Å². The highest BCUT2D eigenvalue weighted by molar-refractivity contribution is 6.31. The molecule has 5 rings (SSSR count). The third-order valence-electron chi connectivity index (χ3n) is 6.64. The van der Waals surface area contributed by atoms with Crippen LogP contribution in [0.1, 0.15) is 43.0 Å². The van der Waals surface area contributed by atoms with Gasteiger partial charge in [0.15, 0.2) is 0 Å². The van der Waals surface area contributed by atoms with E-state index in [1.54, 1.807) is 24.3 Å². The highest BCUT2D eigenvalue weighted by atomic mass is 35.5. The Hall–Kier alpha value is -4.93. The first-order valence-corrected chi connectivity index (χ1v) is 13.3. The van der Waals surface area contributed by atoms with Crippen LogP contribution in [0.15, 0.2) is 96.6 Å². The lowest BCUT2D eigenvalue weighted by Crippen LogP contribution is -2.15. The van der Waals surface area contributed by atoms with Crippen molar-refractivity contribution in [1.29, 1.82) is 5.26 Å². The van der Waals surface area contributed by atoms with Gasteiger partial charge in [-0.1, -0.05) is 93.0 Å². The van der Waals surface area contributed by atoms with Crippen molar-refractivity contribution >= 4 is 34.2 Å². The molecular formula is C33H27ClN4O3. The molecular weight excluding hydrogens is 536 g/mol. The van der Waals surface area contributed by atoms with Gasteiger partial charge in [-0.25, -0.2) is 4.79 Å². The van der Waals surface area contributed by atoms with Crippen LogP contribution in [0.4, 0.5) is 0 Å². The minimum atomic E-state index is -0.796. The predicted octanol–water partition coefficient (Wildman–Crippen LogP) is 7.15. The number of halogens is 1. The van der Waals surface area contributed by atoms with Crippen molar-refractivity contribution in [3.05, 3.63) is 124 Å². The molecule has 0 unspecified atom stereocenters. The van der Waals surface area contributed by atoms with E-state index in [0.717, 1.165) is 5.56 Å². The van der Waals surface area contributed by atoms with Crippen LogP contribution in [0.25, 0.3) is 22.3 Å². The molecule has 4 aromatic carbocycles. The first-order chi connectivity index (χ1) is 19.7. The molecule has 41 heavy (non-hydrogen) atoms. The normalized spacial score (nSPS) is 11.2. The zero-order valence-electron chi connectivity index (χ0n) is 22.8. The number of nitriles is 1. The van der Waals surface area contributed by atoms with Gasteiger partial charge >= 0.3 is 5.97 Å². The number of hydrogen-bond donors (Lipinski definition) is 1. The largest absolute Gasteiger partial charge is 0.505 e. The van der Waals surface area contributed by atoms with E-state index >= 15 is 0 Å². The molecule has 0 saturated carbocycles. The summed E-state index contributed by atoms with van der Waals surface area (Å²) in [7, 11) is 0. The first-order valence-electron chi connectivity index (χ1n) is 13.0. The maximum Gasteiger partial charge on any atom is 0.349 e. The van der Waals surface area contributed by atoms with Gasteiger partial charge in [-0.05, 0) is 52.4 Å². The Bertz CT molecular complexity index is 1770. The standard InChI is InChI=1S/C33H27ClN4O3/c1-33(2,3)24-16-23(31(39)29(17-24)38-36-27-15-14-25(34)18-28(27)37-38)20-41-32(40)26(19-35)30(21-10-6-4-7-11-21)22-12-8-5-9-13-22/h4-18,39H,20H2,1-3H3. The van der Waals surface area contributed by atoms with Crippen LogP contribution in [-0.4, -0.2) is 26.1 Å².